The summed E-state index contributed by atoms with van der Waals surface area (Å²) in [5.74, 6) is -0.185. The number of nitrogens with one attached hydrogen (secondary N) is 1. The number of hydrogen-bond acceptors (Lipinski definition) is 5. The smallest absolute Gasteiger partial charge is 0.387 e. The van der Waals surface area contributed by atoms with Gasteiger partial charge in [-0.05, 0) is 64.2 Å². The molecule has 0 aliphatic carbocycles. The zero-order valence-corrected chi connectivity index (χ0v) is 48.6. The van der Waals surface area contributed by atoms with Crippen molar-refractivity contribution in [2.75, 3.05) is 40.9 Å². The summed E-state index contributed by atoms with van der Waals surface area (Å²) in [7, 11) is 1.56. The lowest BCUT2D eigenvalue weighted by atomic mass is 10.0. The zero-order chi connectivity index (χ0) is 52.0. The fourth-order valence-corrected chi connectivity index (χ4v) is 9.71. The number of carbonyl (C=O) groups excluding carboxylic acids is 1. The van der Waals surface area contributed by atoms with Gasteiger partial charge in [0.2, 0.25) is 5.91 Å². The van der Waals surface area contributed by atoms with E-state index in [0.717, 1.165) is 44.9 Å². The van der Waals surface area contributed by atoms with E-state index in [9.17, 15) is 19.4 Å². The van der Waals surface area contributed by atoms with E-state index in [4.69, 9.17) is 9.05 Å². The largest absolute Gasteiger partial charge is 0.472 e. The molecule has 0 saturated carbocycles. The third-order valence-corrected chi connectivity index (χ3v) is 14.8. The predicted octanol–water partition coefficient (Wildman–Crippen LogP) is 18.7. The van der Waals surface area contributed by atoms with E-state index in [1.165, 1.54) is 225 Å². The molecular formula is C62H120N2O6P+. The highest BCUT2D eigenvalue weighted by molar-refractivity contribution is 7.47. The van der Waals surface area contributed by atoms with Crippen LogP contribution in [-0.2, 0) is 18.4 Å². The molecule has 0 aromatic rings. The third-order valence-electron chi connectivity index (χ3n) is 13.8. The molecule has 0 spiro atoms. The highest BCUT2D eigenvalue weighted by atomic mass is 31.2. The van der Waals surface area contributed by atoms with E-state index in [1.54, 1.807) is 6.08 Å². The number of hydrogen-bond donors (Lipinski definition) is 3. The van der Waals surface area contributed by atoms with Gasteiger partial charge in [0, 0.05) is 6.42 Å². The topological polar surface area (TPSA) is 105 Å². The molecule has 9 heteroatoms. The second kappa shape index (κ2) is 53.3. The molecule has 0 fully saturated rings. The number of carbonyl (C=O) groups is 1. The van der Waals surface area contributed by atoms with E-state index < -0.39 is 20.0 Å². The fourth-order valence-electron chi connectivity index (χ4n) is 8.97. The van der Waals surface area contributed by atoms with Crippen LogP contribution in [0.25, 0.3) is 0 Å². The minimum absolute atomic E-state index is 0.0559. The number of unbranched alkanes of at least 4 members (excludes halogenated alkanes) is 37. The van der Waals surface area contributed by atoms with Crippen molar-refractivity contribution < 1.29 is 32.9 Å². The molecule has 0 radical (unpaired) electrons. The van der Waals surface area contributed by atoms with Crippen LogP contribution < -0.4 is 5.32 Å². The Kier molecular flexibility index (Phi) is 52.1. The summed E-state index contributed by atoms with van der Waals surface area (Å²) in [4.78, 5) is 23.3. The molecule has 0 aromatic heterocycles. The van der Waals surface area contributed by atoms with Crippen LogP contribution in [0.5, 0.6) is 0 Å². The lowest BCUT2D eigenvalue weighted by Crippen LogP contribution is -2.45. The Morgan fingerprint density at radius 3 is 1.21 bits per heavy atom. The molecule has 0 aliphatic heterocycles. The summed E-state index contributed by atoms with van der Waals surface area (Å²) in [6, 6.07) is -0.865. The van der Waals surface area contributed by atoms with E-state index in [2.05, 4.69) is 55.6 Å². The molecule has 418 valence electrons. The highest BCUT2D eigenvalue weighted by Gasteiger charge is 2.27. The van der Waals surface area contributed by atoms with E-state index >= 15 is 0 Å². The maximum atomic E-state index is 13.0. The minimum atomic E-state index is -4.36. The summed E-state index contributed by atoms with van der Waals surface area (Å²) in [5, 5.41) is 13.9. The molecule has 0 aromatic carbocycles. The third kappa shape index (κ3) is 56.0. The van der Waals surface area contributed by atoms with Crippen LogP contribution in [0, 0.1) is 0 Å². The standard InChI is InChI=1S/C62H119N2O6P/c1-6-8-10-12-14-16-18-20-22-24-26-28-29-30-31-32-33-34-35-36-38-40-42-44-46-48-50-52-54-56-62(66)63-60(59-70-71(67,68)69-58-57-64(3,4)5)61(65)55-53-51-49-47-45-43-41-39-37-27-25-23-21-19-17-15-13-11-9-7-2/h26,28,30-31,45,47,53,55,60-61,65H,6-25,27,29,32-44,46,48-52,54,56-59H2,1-5H3,(H-,63,66,67,68)/p+1/b28-26-,31-30-,47-45+,55-53+. The first-order valence-corrected chi connectivity index (χ1v) is 32.0. The zero-order valence-electron chi connectivity index (χ0n) is 47.7. The molecule has 0 heterocycles. The van der Waals surface area contributed by atoms with Gasteiger partial charge >= 0.3 is 7.82 Å². The maximum Gasteiger partial charge on any atom is 0.472 e. The number of nitrogens with zero attached hydrogens (tertiary/aromatic N) is 1. The lowest BCUT2D eigenvalue weighted by Gasteiger charge is -2.25. The van der Waals surface area contributed by atoms with Gasteiger partial charge in [-0.1, -0.05) is 268 Å². The summed E-state index contributed by atoms with van der Waals surface area (Å²) in [5.41, 5.74) is 0. The van der Waals surface area contributed by atoms with Gasteiger partial charge < -0.3 is 19.8 Å². The Morgan fingerprint density at radius 2 is 0.817 bits per heavy atom. The summed E-state index contributed by atoms with van der Waals surface area (Å²) in [6.07, 6.45) is 70.8. The van der Waals surface area contributed by atoms with Crippen molar-refractivity contribution in [2.45, 2.75) is 302 Å². The van der Waals surface area contributed by atoms with Crippen molar-refractivity contribution in [2.24, 2.45) is 0 Å². The number of aliphatic hydroxyl groups excluding tert-OH is 1. The molecule has 3 atom stereocenters. The number of likely N-dealkylation sites (N-methyl/N-ethyl adjacent to an activating group) is 1. The lowest BCUT2D eigenvalue weighted by molar-refractivity contribution is -0.870. The summed E-state index contributed by atoms with van der Waals surface area (Å²) < 4.78 is 23.7. The number of phosphoric ester groups is 1. The first kappa shape index (κ1) is 69.5. The van der Waals surface area contributed by atoms with Gasteiger partial charge in [0.1, 0.15) is 13.2 Å². The highest BCUT2D eigenvalue weighted by Crippen LogP contribution is 2.43. The molecule has 1 amide bonds. The number of quaternary nitrogens is 1. The maximum absolute atomic E-state index is 13.0. The van der Waals surface area contributed by atoms with Crippen LogP contribution in [-0.4, -0.2) is 73.4 Å². The van der Waals surface area contributed by atoms with Gasteiger partial charge in [-0.25, -0.2) is 4.57 Å². The van der Waals surface area contributed by atoms with Gasteiger partial charge in [0.05, 0.1) is 39.9 Å². The van der Waals surface area contributed by atoms with Gasteiger partial charge in [0.15, 0.2) is 0 Å². The second-order valence-corrected chi connectivity index (χ2v) is 23.5. The van der Waals surface area contributed by atoms with Gasteiger partial charge in [-0.15, -0.1) is 0 Å². The van der Waals surface area contributed by atoms with Crippen molar-refractivity contribution in [3.63, 3.8) is 0 Å². The summed E-state index contributed by atoms with van der Waals surface area (Å²) in [6.45, 7) is 4.83. The van der Waals surface area contributed by atoms with Crippen LogP contribution in [0.4, 0.5) is 0 Å². The van der Waals surface area contributed by atoms with E-state index in [-0.39, 0.29) is 19.1 Å². The molecule has 3 N–H and O–H groups in total. The molecule has 0 bridgehead atoms. The average molecular weight is 1020 g/mol. The number of allylic oxidation sites excluding steroid dienone is 7. The molecule has 0 aliphatic rings. The Bertz CT molecular complexity index is 1290. The molecule has 3 unspecified atom stereocenters. The van der Waals surface area contributed by atoms with Gasteiger partial charge in [0.25, 0.3) is 0 Å². The molecule has 71 heavy (non-hydrogen) atoms. The van der Waals surface area contributed by atoms with Crippen molar-refractivity contribution >= 4 is 13.7 Å². The molecule has 0 saturated heterocycles. The molecule has 0 rings (SSSR count). The predicted molar refractivity (Wildman–Crippen MR) is 309 cm³/mol. The van der Waals surface area contributed by atoms with Crippen LogP contribution in [0.2, 0.25) is 0 Å². The van der Waals surface area contributed by atoms with E-state index in [0.29, 0.717) is 17.4 Å². The number of phosphoric acid groups is 1. The molecular weight excluding hydrogens is 900 g/mol. The number of amides is 1. The van der Waals surface area contributed by atoms with Gasteiger partial charge in [-0.3, -0.25) is 13.8 Å². The fraction of sp³-hybridized carbons (Fsp3) is 0.855. The Labute approximate surface area is 441 Å². The van der Waals surface area contributed by atoms with Crippen molar-refractivity contribution in [1.82, 2.24) is 5.32 Å². The van der Waals surface area contributed by atoms with Crippen LogP contribution in [0.1, 0.15) is 290 Å². The first-order chi connectivity index (χ1) is 34.5. The van der Waals surface area contributed by atoms with Crippen LogP contribution in [0.15, 0.2) is 48.6 Å². The van der Waals surface area contributed by atoms with Crippen molar-refractivity contribution in [1.29, 1.82) is 0 Å². The minimum Gasteiger partial charge on any atom is -0.387 e. The average Bonchev–Trinajstić information content (AvgIpc) is 3.33. The van der Waals surface area contributed by atoms with Crippen molar-refractivity contribution in [3.05, 3.63) is 48.6 Å². The second-order valence-electron chi connectivity index (χ2n) is 22.1. The summed E-state index contributed by atoms with van der Waals surface area (Å²) >= 11 is 0. The Balaban J connectivity index is 4.17. The monoisotopic (exact) mass is 1020 g/mol. The Morgan fingerprint density at radius 1 is 0.479 bits per heavy atom. The number of aliphatic hydroxyl groups is 1. The van der Waals surface area contributed by atoms with E-state index in [1.807, 2.05) is 27.2 Å². The van der Waals surface area contributed by atoms with Crippen LogP contribution >= 0.6 is 7.82 Å². The quantitative estimate of drug-likeness (QED) is 0.0243. The van der Waals surface area contributed by atoms with Crippen LogP contribution in [0.3, 0.4) is 0 Å². The SMILES string of the molecule is CCCCCCCCCCC/C=C\C/C=C\CCCCCCCCCCCCCCCC(=O)NC(COP(=O)(O)OCC[N+](C)(C)C)C(O)/C=C/CC/C=C/CCCCCCCCCCCCCCCC. The molecule has 8 nitrogen and oxygen atoms in total. The van der Waals surface area contributed by atoms with Crippen molar-refractivity contribution in [3.8, 4) is 0 Å². The first-order valence-electron chi connectivity index (χ1n) is 30.5. The van der Waals surface area contributed by atoms with Gasteiger partial charge in [-0.2, -0.15) is 0 Å². The normalized spacial score (nSPS) is 14.2. The Hall–Kier alpha value is -1.54. The number of rotatable bonds is 56.